The van der Waals surface area contributed by atoms with Crippen molar-refractivity contribution in [3.05, 3.63) is 146 Å². The van der Waals surface area contributed by atoms with E-state index in [-0.39, 0.29) is 37.5 Å². The molecule has 0 fully saturated rings. The molecule has 73 heavy (non-hydrogen) atoms. The van der Waals surface area contributed by atoms with Crippen molar-refractivity contribution in [2.75, 3.05) is 13.2 Å². The van der Waals surface area contributed by atoms with Gasteiger partial charge in [0.2, 0.25) is 0 Å². The Hall–Kier alpha value is -4.71. The number of hydrogen-bond acceptors (Lipinski definition) is 6. The summed E-state index contributed by atoms with van der Waals surface area (Å²) < 4.78 is 16.8. The summed E-state index contributed by atoms with van der Waals surface area (Å²) in [6.07, 6.45) is 85.5. The van der Waals surface area contributed by atoms with Crippen LogP contribution in [0.15, 0.2) is 146 Å². The molecule has 0 aromatic carbocycles. The second-order valence-electron chi connectivity index (χ2n) is 18.8. The lowest BCUT2D eigenvalue weighted by atomic mass is 10.1. The van der Waals surface area contributed by atoms with Crippen molar-refractivity contribution in [3.63, 3.8) is 0 Å². The molecule has 0 aliphatic rings. The van der Waals surface area contributed by atoms with Crippen LogP contribution in [0.5, 0.6) is 0 Å². The average molecular weight is 1010 g/mol. The van der Waals surface area contributed by atoms with Gasteiger partial charge in [0.25, 0.3) is 0 Å². The van der Waals surface area contributed by atoms with Crippen molar-refractivity contribution in [1.82, 2.24) is 0 Å². The van der Waals surface area contributed by atoms with Gasteiger partial charge in [-0.1, -0.05) is 244 Å². The molecule has 0 saturated carbocycles. The number of allylic oxidation sites excluding steroid dienone is 24. The number of rotatable bonds is 51. The van der Waals surface area contributed by atoms with Crippen LogP contribution in [0.25, 0.3) is 0 Å². The Morgan fingerprint density at radius 1 is 0.288 bits per heavy atom. The lowest BCUT2D eigenvalue weighted by Gasteiger charge is -2.18. The minimum atomic E-state index is -0.815. The largest absolute Gasteiger partial charge is 0.462 e. The van der Waals surface area contributed by atoms with Crippen LogP contribution in [-0.2, 0) is 28.6 Å². The highest BCUT2D eigenvalue weighted by Crippen LogP contribution is 2.14. The van der Waals surface area contributed by atoms with Crippen molar-refractivity contribution < 1.29 is 28.6 Å². The first kappa shape index (κ1) is 68.3. The van der Waals surface area contributed by atoms with Crippen molar-refractivity contribution in [2.45, 2.75) is 245 Å². The summed E-state index contributed by atoms with van der Waals surface area (Å²) in [5, 5.41) is 0. The van der Waals surface area contributed by atoms with Crippen molar-refractivity contribution >= 4 is 17.9 Å². The molecule has 0 radical (unpaired) electrons. The number of carbonyl (C=O) groups excluding carboxylic acids is 3. The molecule has 410 valence electrons. The number of unbranched alkanes of at least 4 members (excludes halogenated alkanes) is 16. The van der Waals surface area contributed by atoms with Gasteiger partial charge < -0.3 is 14.2 Å². The fourth-order valence-corrected chi connectivity index (χ4v) is 7.51. The fraction of sp³-hybridized carbons (Fsp3) is 0.597. The van der Waals surface area contributed by atoms with E-state index in [1.165, 1.54) is 51.4 Å². The van der Waals surface area contributed by atoms with Crippen LogP contribution in [0.1, 0.15) is 239 Å². The first-order valence-electron chi connectivity index (χ1n) is 29.3. The highest BCUT2D eigenvalue weighted by atomic mass is 16.6. The van der Waals surface area contributed by atoms with E-state index in [1.54, 1.807) is 0 Å². The molecule has 0 N–H and O–H groups in total. The smallest absolute Gasteiger partial charge is 0.306 e. The molecule has 1 unspecified atom stereocenters. The third kappa shape index (κ3) is 58.1. The number of hydrogen-bond donors (Lipinski definition) is 0. The van der Waals surface area contributed by atoms with E-state index in [0.29, 0.717) is 19.3 Å². The van der Waals surface area contributed by atoms with Gasteiger partial charge in [-0.2, -0.15) is 0 Å². The minimum absolute atomic E-state index is 0.106. The summed E-state index contributed by atoms with van der Waals surface area (Å²) >= 11 is 0. The molecular formula is C67H106O6. The second kappa shape index (κ2) is 59.8. The Balaban J connectivity index is 4.48. The predicted molar refractivity (Wildman–Crippen MR) is 315 cm³/mol. The highest BCUT2D eigenvalue weighted by molar-refractivity contribution is 5.71. The minimum Gasteiger partial charge on any atom is -0.462 e. The van der Waals surface area contributed by atoms with E-state index in [4.69, 9.17) is 14.2 Å². The van der Waals surface area contributed by atoms with Gasteiger partial charge in [-0.15, -0.1) is 0 Å². The molecular weight excluding hydrogens is 901 g/mol. The summed E-state index contributed by atoms with van der Waals surface area (Å²) in [5.74, 6) is -0.979. The zero-order chi connectivity index (χ0) is 52.9. The van der Waals surface area contributed by atoms with Crippen LogP contribution in [-0.4, -0.2) is 37.2 Å². The molecule has 0 rings (SSSR count). The van der Waals surface area contributed by atoms with Crippen LogP contribution < -0.4 is 0 Å². The normalized spacial score (nSPS) is 13.2. The summed E-state index contributed by atoms with van der Waals surface area (Å²) in [4.78, 5) is 38.1. The van der Waals surface area contributed by atoms with Gasteiger partial charge in [-0.3, -0.25) is 14.4 Å². The maximum atomic E-state index is 12.9. The maximum absolute atomic E-state index is 12.9. The third-order valence-electron chi connectivity index (χ3n) is 11.8. The van der Waals surface area contributed by atoms with Gasteiger partial charge in [0, 0.05) is 19.3 Å². The van der Waals surface area contributed by atoms with Gasteiger partial charge in [0.1, 0.15) is 13.2 Å². The molecule has 0 bridgehead atoms. The van der Waals surface area contributed by atoms with Crippen LogP contribution in [0.3, 0.4) is 0 Å². The second-order valence-corrected chi connectivity index (χ2v) is 18.8. The van der Waals surface area contributed by atoms with Crippen LogP contribution in [0.2, 0.25) is 0 Å². The Morgan fingerprint density at radius 2 is 0.534 bits per heavy atom. The van der Waals surface area contributed by atoms with Crippen molar-refractivity contribution in [1.29, 1.82) is 0 Å². The molecule has 0 aromatic heterocycles. The summed E-state index contributed by atoms with van der Waals surface area (Å²) in [7, 11) is 0. The molecule has 0 aliphatic heterocycles. The van der Waals surface area contributed by atoms with Crippen LogP contribution >= 0.6 is 0 Å². The summed E-state index contributed by atoms with van der Waals surface area (Å²) in [6, 6.07) is 0. The quantitative estimate of drug-likeness (QED) is 0.0261. The maximum Gasteiger partial charge on any atom is 0.306 e. The molecule has 1 atom stereocenters. The molecule has 0 spiro atoms. The Kier molecular flexibility index (Phi) is 56.0. The van der Waals surface area contributed by atoms with Gasteiger partial charge in [-0.25, -0.2) is 0 Å². The SMILES string of the molecule is CC/C=C\C/C=C\C/C=C\C/C=C\C/C=C\C/C=C\C/C=C\CCCCCC(=O)OCC(COC(=O)CCCCCCCCCCCCC)OC(=O)CCCCC/C=C\C/C=C\C/C=C\C/C=C\C/C=C\CC. The Labute approximate surface area is 448 Å². The molecule has 0 aromatic rings. The molecule has 6 nitrogen and oxygen atoms in total. The van der Waals surface area contributed by atoms with E-state index in [9.17, 15) is 14.4 Å². The zero-order valence-electron chi connectivity index (χ0n) is 46.8. The van der Waals surface area contributed by atoms with E-state index in [2.05, 4.69) is 167 Å². The van der Waals surface area contributed by atoms with Crippen LogP contribution in [0.4, 0.5) is 0 Å². The van der Waals surface area contributed by atoms with Crippen LogP contribution in [0, 0.1) is 0 Å². The topological polar surface area (TPSA) is 78.9 Å². The first-order chi connectivity index (χ1) is 36.0. The third-order valence-corrected chi connectivity index (χ3v) is 11.8. The lowest BCUT2D eigenvalue weighted by molar-refractivity contribution is -0.167. The number of esters is 3. The number of ether oxygens (including phenoxy) is 3. The monoisotopic (exact) mass is 1010 g/mol. The molecule has 0 saturated heterocycles. The molecule has 0 aliphatic carbocycles. The summed E-state index contributed by atoms with van der Waals surface area (Å²) in [6.45, 7) is 6.34. The van der Waals surface area contributed by atoms with E-state index >= 15 is 0 Å². The molecule has 6 heteroatoms. The van der Waals surface area contributed by atoms with E-state index in [1.807, 2.05) is 0 Å². The van der Waals surface area contributed by atoms with Gasteiger partial charge in [0.15, 0.2) is 6.10 Å². The average Bonchev–Trinajstić information content (AvgIpc) is 3.39. The fourth-order valence-electron chi connectivity index (χ4n) is 7.51. The first-order valence-corrected chi connectivity index (χ1v) is 29.3. The predicted octanol–water partition coefficient (Wildman–Crippen LogP) is 20.0. The number of carbonyl (C=O) groups is 3. The van der Waals surface area contributed by atoms with E-state index in [0.717, 1.165) is 141 Å². The standard InChI is InChI=1S/C67H106O6/c1-4-7-10-13-16-19-22-24-26-28-30-31-32-33-34-35-37-38-40-42-45-48-51-54-57-60-66(69)72-63-64(62-71-65(68)59-56-53-50-47-44-21-18-15-12-9-6-3)73-67(70)61-58-55-52-49-46-43-41-39-36-29-27-25-23-20-17-14-11-8-5-2/h7-8,10-11,16-17,19-20,24-27,30-31,33-34,36-39,42-43,45-46,64H,4-6,9,12-15,18,21-23,28-29,32,35,40-41,44,47-63H2,1-3H3/b10-7-,11-8-,19-16-,20-17-,26-24-,27-25-,31-30-,34-33-,38-37-,39-36-,45-42-,46-43-. The van der Waals surface area contributed by atoms with E-state index < -0.39 is 6.10 Å². The zero-order valence-corrected chi connectivity index (χ0v) is 46.8. The van der Waals surface area contributed by atoms with Gasteiger partial charge >= 0.3 is 17.9 Å². The lowest BCUT2D eigenvalue weighted by Crippen LogP contribution is -2.30. The van der Waals surface area contributed by atoms with Crippen molar-refractivity contribution in [3.8, 4) is 0 Å². The highest BCUT2D eigenvalue weighted by Gasteiger charge is 2.19. The van der Waals surface area contributed by atoms with Crippen molar-refractivity contribution in [2.24, 2.45) is 0 Å². The van der Waals surface area contributed by atoms with Gasteiger partial charge in [0.05, 0.1) is 0 Å². The molecule has 0 amide bonds. The summed E-state index contributed by atoms with van der Waals surface area (Å²) in [5.41, 5.74) is 0. The Morgan fingerprint density at radius 3 is 0.836 bits per heavy atom. The van der Waals surface area contributed by atoms with Gasteiger partial charge in [-0.05, 0) is 122 Å². The Bertz CT molecular complexity index is 1630. The molecule has 0 heterocycles.